The van der Waals surface area contributed by atoms with E-state index in [1.54, 1.807) is 0 Å². The first-order valence-corrected chi connectivity index (χ1v) is 5.04. The van der Waals surface area contributed by atoms with Gasteiger partial charge in [-0.2, -0.15) is 0 Å². The Hall–Kier alpha value is -0.830. The molecule has 0 aromatic rings. The smallest absolute Gasteiger partial charge is 0.126 e. The summed E-state index contributed by atoms with van der Waals surface area (Å²) in [6, 6.07) is 0. The molecule has 0 saturated carbocycles. The predicted octanol–water partition coefficient (Wildman–Crippen LogP) is 2.42. The second-order valence-corrected chi connectivity index (χ2v) is 3.60. The summed E-state index contributed by atoms with van der Waals surface area (Å²) in [6.45, 7) is 3.64. The van der Waals surface area contributed by atoms with E-state index < -0.39 is 0 Å². The van der Waals surface area contributed by atoms with Gasteiger partial charge in [0.05, 0.1) is 0 Å². The van der Waals surface area contributed by atoms with Gasteiger partial charge in [-0.05, 0) is 10.8 Å². The number of aldehydes is 2. The van der Waals surface area contributed by atoms with Crippen molar-refractivity contribution < 1.29 is 9.59 Å². The van der Waals surface area contributed by atoms with Crippen LogP contribution in [-0.2, 0) is 9.59 Å². The number of carbonyl (C=O) groups excluding carboxylic acids is 2. The fourth-order valence-electron chi connectivity index (χ4n) is 0.475. The summed E-state index contributed by atoms with van der Waals surface area (Å²) in [6.07, 6.45) is 5.39. The van der Waals surface area contributed by atoms with E-state index in [2.05, 4.69) is 0 Å². The molecule has 0 radical (unpaired) electrons. The molecule has 0 fully saturated rings. The van der Waals surface area contributed by atoms with Crippen LogP contribution < -0.4 is 0 Å². The minimum atomic E-state index is -0.0376. The molecule has 2 nitrogen and oxygen atoms in total. The second-order valence-electron chi connectivity index (χ2n) is 2.78. The lowest BCUT2D eigenvalue weighted by molar-refractivity contribution is -0.110. The zero-order chi connectivity index (χ0) is 10.1. The number of thioether (sulfide) groups is 1. The third-order valence-corrected chi connectivity index (χ3v) is 1.98. The average Bonchev–Trinajstić information content (AvgIpc) is 2.16. The first-order chi connectivity index (χ1) is 6.20. The fourth-order valence-corrected chi connectivity index (χ4v) is 1.24. The lowest BCUT2D eigenvalue weighted by Gasteiger charge is -1.91. The van der Waals surface area contributed by atoms with E-state index >= 15 is 0 Å². The molecule has 0 rings (SSSR count). The van der Waals surface area contributed by atoms with Crippen molar-refractivity contribution >= 4 is 24.3 Å². The van der Waals surface area contributed by atoms with E-state index in [9.17, 15) is 9.59 Å². The first kappa shape index (κ1) is 12.2. The van der Waals surface area contributed by atoms with Crippen LogP contribution in [-0.4, -0.2) is 12.6 Å². The molecule has 0 spiro atoms. The topological polar surface area (TPSA) is 34.1 Å². The molecule has 0 amide bonds. The molecule has 2 atom stereocenters. The van der Waals surface area contributed by atoms with Crippen molar-refractivity contribution in [1.29, 1.82) is 0 Å². The number of carbonyl (C=O) groups is 2. The van der Waals surface area contributed by atoms with Crippen LogP contribution >= 0.6 is 11.8 Å². The summed E-state index contributed by atoms with van der Waals surface area (Å²) in [5.41, 5.74) is 0. The van der Waals surface area contributed by atoms with Gasteiger partial charge >= 0.3 is 0 Å². The number of rotatable bonds is 6. The van der Waals surface area contributed by atoms with Crippen molar-refractivity contribution in [2.24, 2.45) is 11.8 Å². The Morgan fingerprint density at radius 1 is 0.923 bits per heavy atom. The Morgan fingerprint density at radius 3 is 1.62 bits per heavy atom. The van der Waals surface area contributed by atoms with E-state index in [0.717, 1.165) is 12.6 Å². The number of hydrogen-bond acceptors (Lipinski definition) is 3. The van der Waals surface area contributed by atoms with E-state index in [0.29, 0.717) is 0 Å². The van der Waals surface area contributed by atoms with Crippen LogP contribution in [0.3, 0.4) is 0 Å². The van der Waals surface area contributed by atoms with Crippen molar-refractivity contribution in [3.63, 3.8) is 0 Å². The van der Waals surface area contributed by atoms with Gasteiger partial charge in [-0.25, -0.2) is 0 Å². The minimum absolute atomic E-state index is 0.0376. The summed E-state index contributed by atoms with van der Waals surface area (Å²) in [5, 5.41) is 3.68. The molecule has 0 aliphatic rings. The minimum Gasteiger partial charge on any atom is -0.303 e. The van der Waals surface area contributed by atoms with Gasteiger partial charge in [0, 0.05) is 11.8 Å². The maximum atomic E-state index is 10.2. The number of hydrogen-bond donors (Lipinski definition) is 0. The maximum Gasteiger partial charge on any atom is 0.126 e. The fraction of sp³-hybridized carbons (Fsp3) is 0.400. The average molecular weight is 198 g/mol. The highest BCUT2D eigenvalue weighted by Crippen LogP contribution is 2.08. The normalized spacial score (nSPS) is 16.2. The van der Waals surface area contributed by atoms with E-state index in [-0.39, 0.29) is 11.8 Å². The molecular weight excluding hydrogens is 184 g/mol. The van der Waals surface area contributed by atoms with Gasteiger partial charge in [0.25, 0.3) is 0 Å². The van der Waals surface area contributed by atoms with Gasteiger partial charge in [-0.1, -0.05) is 26.0 Å². The highest BCUT2D eigenvalue weighted by molar-refractivity contribution is 8.04. The Bertz CT molecular complexity index is 187. The SMILES string of the molecule is CC(C=O)C=CSC=CC(C)C=O. The predicted molar refractivity (Wildman–Crippen MR) is 56.3 cm³/mol. The van der Waals surface area contributed by atoms with Crippen molar-refractivity contribution in [1.82, 2.24) is 0 Å². The molecule has 0 aliphatic heterocycles. The first-order valence-electron chi connectivity index (χ1n) is 4.10. The standard InChI is InChI=1S/C10H14O2S/c1-9(7-11)3-5-13-6-4-10(2)8-12/h3-10H,1-2H3. The van der Waals surface area contributed by atoms with Gasteiger partial charge in [0.1, 0.15) is 12.6 Å². The molecule has 0 heterocycles. The molecule has 13 heavy (non-hydrogen) atoms. The second kappa shape index (κ2) is 7.80. The van der Waals surface area contributed by atoms with Crippen LogP contribution in [0, 0.1) is 11.8 Å². The largest absolute Gasteiger partial charge is 0.303 e. The summed E-state index contributed by atoms with van der Waals surface area (Å²) in [5.74, 6) is -0.0752. The molecular formula is C10H14O2S. The Morgan fingerprint density at radius 2 is 1.31 bits per heavy atom. The van der Waals surface area contributed by atoms with Gasteiger partial charge in [0.2, 0.25) is 0 Å². The zero-order valence-electron chi connectivity index (χ0n) is 7.84. The molecule has 0 saturated heterocycles. The van der Waals surface area contributed by atoms with Crippen molar-refractivity contribution in [3.05, 3.63) is 23.0 Å². The lowest BCUT2D eigenvalue weighted by Crippen LogP contribution is -1.87. The molecule has 2 unspecified atom stereocenters. The Balaban J connectivity index is 3.65. The monoisotopic (exact) mass is 198 g/mol. The molecule has 0 aromatic carbocycles. The summed E-state index contributed by atoms with van der Waals surface area (Å²) in [4.78, 5) is 20.4. The van der Waals surface area contributed by atoms with Crippen LogP contribution in [0.2, 0.25) is 0 Å². The maximum absolute atomic E-state index is 10.2. The Kier molecular flexibility index (Phi) is 7.30. The molecule has 72 valence electrons. The van der Waals surface area contributed by atoms with Crippen LogP contribution in [0.25, 0.3) is 0 Å². The van der Waals surface area contributed by atoms with Crippen LogP contribution in [0.4, 0.5) is 0 Å². The van der Waals surface area contributed by atoms with E-state index in [1.807, 2.05) is 36.8 Å². The van der Waals surface area contributed by atoms with Crippen molar-refractivity contribution in [3.8, 4) is 0 Å². The Labute approximate surface area is 83.1 Å². The quantitative estimate of drug-likeness (QED) is 0.615. The van der Waals surface area contributed by atoms with E-state index in [1.165, 1.54) is 11.8 Å². The van der Waals surface area contributed by atoms with Crippen LogP contribution in [0.1, 0.15) is 13.8 Å². The third kappa shape index (κ3) is 7.53. The summed E-state index contributed by atoms with van der Waals surface area (Å²) in [7, 11) is 0. The van der Waals surface area contributed by atoms with Crippen molar-refractivity contribution in [2.45, 2.75) is 13.8 Å². The van der Waals surface area contributed by atoms with Crippen LogP contribution in [0.15, 0.2) is 23.0 Å². The van der Waals surface area contributed by atoms with Gasteiger partial charge in [-0.15, -0.1) is 11.8 Å². The molecule has 0 aliphatic carbocycles. The van der Waals surface area contributed by atoms with Gasteiger partial charge in [0.15, 0.2) is 0 Å². The van der Waals surface area contributed by atoms with Crippen molar-refractivity contribution in [2.75, 3.05) is 0 Å². The highest BCUT2D eigenvalue weighted by Gasteiger charge is 1.90. The summed E-state index contributed by atoms with van der Waals surface area (Å²) >= 11 is 1.46. The summed E-state index contributed by atoms with van der Waals surface area (Å²) < 4.78 is 0. The highest BCUT2D eigenvalue weighted by atomic mass is 32.2. The molecule has 3 heteroatoms. The molecule has 0 bridgehead atoms. The number of allylic oxidation sites excluding steroid dienone is 2. The zero-order valence-corrected chi connectivity index (χ0v) is 8.66. The van der Waals surface area contributed by atoms with Crippen LogP contribution in [0.5, 0.6) is 0 Å². The van der Waals surface area contributed by atoms with E-state index in [4.69, 9.17) is 0 Å². The molecule has 0 N–H and O–H groups in total. The van der Waals surface area contributed by atoms with Gasteiger partial charge < -0.3 is 9.59 Å². The lowest BCUT2D eigenvalue weighted by atomic mass is 10.2. The molecule has 0 aromatic heterocycles. The van der Waals surface area contributed by atoms with Gasteiger partial charge in [-0.3, -0.25) is 0 Å². The third-order valence-electron chi connectivity index (χ3n) is 1.35.